The van der Waals surface area contributed by atoms with Gasteiger partial charge in [-0.1, -0.05) is 84.4 Å². The molecule has 0 spiro atoms. The lowest BCUT2D eigenvalue weighted by Crippen LogP contribution is -2.18. The molecule has 1 nitrogen and oxygen atoms in total. The maximum Gasteiger partial charge on any atom is 0.0453 e. The van der Waals surface area contributed by atoms with Crippen molar-refractivity contribution >= 4 is 11.6 Å². The van der Waals surface area contributed by atoms with Gasteiger partial charge in [0.1, 0.15) is 0 Å². The van der Waals surface area contributed by atoms with Crippen molar-refractivity contribution in [2.45, 2.75) is 19.5 Å². The minimum atomic E-state index is 0.201. The van der Waals surface area contributed by atoms with Gasteiger partial charge in [-0.25, -0.2) is 0 Å². The zero-order valence-electron chi connectivity index (χ0n) is 13.2. The zero-order valence-corrected chi connectivity index (χ0v) is 13.9. The third kappa shape index (κ3) is 3.82. The molecule has 0 radical (unpaired) electrons. The van der Waals surface area contributed by atoms with E-state index in [-0.39, 0.29) is 6.04 Å². The smallest absolute Gasteiger partial charge is 0.0453 e. The van der Waals surface area contributed by atoms with E-state index in [9.17, 15) is 0 Å². The van der Waals surface area contributed by atoms with Crippen molar-refractivity contribution in [3.05, 3.63) is 95.0 Å². The minimum Gasteiger partial charge on any atom is -0.306 e. The Balaban J connectivity index is 1.78. The minimum absolute atomic E-state index is 0.201. The summed E-state index contributed by atoms with van der Waals surface area (Å²) in [6.45, 7) is 2.95. The van der Waals surface area contributed by atoms with Crippen molar-refractivity contribution in [2.75, 3.05) is 0 Å². The van der Waals surface area contributed by atoms with Crippen LogP contribution in [0.2, 0.25) is 5.02 Å². The number of benzene rings is 3. The molecule has 2 heteroatoms. The quantitative estimate of drug-likeness (QED) is 0.620. The summed E-state index contributed by atoms with van der Waals surface area (Å²) in [5.41, 5.74) is 4.94. The Morgan fingerprint density at radius 3 is 2.26 bits per heavy atom. The first-order valence-electron chi connectivity index (χ1n) is 7.87. The zero-order chi connectivity index (χ0) is 16.1. The van der Waals surface area contributed by atoms with E-state index in [0.29, 0.717) is 0 Å². The molecular weight excluding hydrogens is 302 g/mol. The van der Waals surface area contributed by atoms with Gasteiger partial charge >= 0.3 is 0 Å². The molecule has 0 aromatic heterocycles. The highest BCUT2D eigenvalue weighted by molar-refractivity contribution is 6.31. The highest BCUT2D eigenvalue weighted by Crippen LogP contribution is 2.25. The Bertz CT molecular complexity index is 768. The maximum absolute atomic E-state index is 6.29. The Morgan fingerprint density at radius 2 is 1.48 bits per heavy atom. The fourth-order valence-corrected chi connectivity index (χ4v) is 3.07. The molecule has 0 amide bonds. The van der Waals surface area contributed by atoms with Crippen LogP contribution in [0.25, 0.3) is 11.1 Å². The molecule has 0 saturated carbocycles. The second-order valence-electron chi connectivity index (χ2n) is 5.65. The van der Waals surface area contributed by atoms with Gasteiger partial charge in [-0.2, -0.15) is 0 Å². The summed E-state index contributed by atoms with van der Waals surface area (Å²) in [6.07, 6.45) is 0. The molecule has 3 aromatic carbocycles. The van der Waals surface area contributed by atoms with Crippen LogP contribution in [0.4, 0.5) is 0 Å². The van der Waals surface area contributed by atoms with Crippen molar-refractivity contribution in [1.82, 2.24) is 5.32 Å². The van der Waals surface area contributed by atoms with Crippen LogP contribution in [0.3, 0.4) is 0 Å². The van der Waals surface area contributed by atoms with Crippen molar-refractivity contribution in [2.24, 2.45) is 0 Å². The fraction of sp³-hybridized carbons (Fsp3) is 0.143. The summed E-state index contributed by atoms with van der Waals surface area (Å²) in [5, 5.41) is 4.39. The summed E-state index contributed by atoms with van der Waals surface area (Å²) >= 11 is 6.29. The fourth-order valence-electron chi connectivity index (χ4n) is 2.77. The number of hydrogen-bond donors (Lipinski definition) is 1. The van der Waals surface area contributed by atoms with E-state index in [1.54, 1.807) is 0 Å². The van der Waals surface area contributed by atoms with Gasteiger partial charge in [0.05, 0.1) is 0 Å². The maximum atomic E-state index is 6.29. The van der Waals surface area contributed by atoms with Crippen molar-refractivity contribution in [3.8, 4) is 11.1 Å². The normalized spacial score (nSPS) is 12.1. The molecule has 0 aliphatic rings. The SMILES string of the molecule is CC(NCc1ccccc1-c1ccccc1)c1ccccc1Cl. The van der Waals surface area contributed by atoms with Crippen LogP contribution in [0.1, 0.15) is 24.1 Å². The standard InChI is InChI=1S/C21H20ClN/c1-16(19-12-7-8-14-21(19)22)23-15-18-11-5-6-13-20(18)17-9-3-2-4-10-17/h2-14,16,23H,15H2,1H3. The van der Waals surface area contributed by atoms with Gasteiger partial charge in [0, 0.05) is 17.6 Å². The molecule has 23 heavy (non-hydrogen) atoms. The van der Waals surface area contributed by atoms with E-state index < -0.39 is 0 Å². The molecule has 3 rings (SSSR count). The van der Waals surface area contributed by atoms with E-state index in [2.05, 4.69) is 66.8 Å². The van der Waals surface area contributed by atoms with Crippen LogP contribution in [-0.4, -0.2) is 0 Å². The monoisotopic (exact) mass is 321 g/mol. The largest absolute Gasteiger partial charge is 0.306 e. The summed E-state index contributed by atoms with van der Waals surface area (Å²) in [5.74, 6) is 0. The van der Waals surface area contributed by atoms with Crippen LogP contribution in [0.15, 0.2) is 78.9 Å². The summed E-state index contributed by atoms with van der Waals surface area (Å²) in [4.78, 5) is 0. The Kier molecular flexibility index (Phi) is 5.12. The second-order valence-corrected chi connectivity index (χ2v) is 6.05. The van der Waals surface area contributed by atoms with Crippen LogP contribution >= 0.6 is 11.6 Å². The highest BCUT2D eigenvalue weighted by Gasteiger charge is 2.10. The molecule has 0 heterocycles. The molecule has 0 saturated heterocycles. The van der Waals surface area contributed by atoms with Gasteiger partial charge in [-0.05, 0) is 35.2 Å². The van der Waals surface area contributed by atoms with Crippen LogP contribution < -0.4 is 5.32 Å². The Labute approximate surface area is 142 Å². The summed E-state index contributed by atoms with van der Waals surface area (Å²) < 4.78 is 0. The van der Waals surface area contributed by atoms with Crippen LogP contribution in [0, 0.1) is 0 Å². The van der Waals surface area contributed by atoms with Gasteiger partial charge in [0.25, 0.3) is 0 Å². The van der Waals surface area contributed by atoms with Gasteiger partial charge in [-0.3, -0.25) is 0 Å². The van der Waals surface area contributed by atoms with Crippen molar-refractivity contribution < 1.29 is 0 Å². The second kappa shape index (κ2) is 7.45. The first kappa shape index (κ1) is 15.8. The highest BCUT2D eigenvalue weighted by atomic mass is 35.5. The predicted octanol–water partition coefficient (Wildman–Crippen LogP) is 5.86. The number of nitrogens with one attached hydrogen (secondary N) is 1. The molecule has 1 N–H and O–H groups in total. The number of hydrogen-bond acceptors (Lipinski definition) is 1. The lowest BCUT2D eigenvalue weighted by molar-refractivity contribution is 0.575. The van der Waals surface area contributed by atoms with Gasteiger partial charge < -0.3 is 5.32 Å². The van der Waals surface area contributed by atoms with Gasteiger partial charge in [-0.15, -0.1) is 0 Å². The topological polar surface area (TPSA) is 12.0 Å². The van der Waals surface area contributed by atoms with Gasteiger partial charge in [0.15, 0.2) is 0 Å². The van der Waals surface area contributed by atoms with Crippen molar-refractivity contribution in [3.63, 3.8) is 0 Å². The summed E-state index contributed by atoms with van der Waals surface area (Å²) in [6, 6.07) is 27.2. The number of rotatable bonds is 5. The number of halogens is 1. The molecule has 0 aliphatic carbocycles. The van der Waals surface area contributed by atoms with E-state index in [4.69, 9.17) is 11.6 Å². The average Bonchev–Trinajstić information content (AvgIpc) is 2.61. The van der Waals surface area contributed by atoms with E-state index in [0.717, 1.165) is 17.1 Å². The van der Waals surface area contributed by atoms with Crippen LogP contribution in [0.5, 0.6) is 0 Å². The van der Waals surface area contributed by atoms with E-state index in [1.807, 2.05) is 24.3 Å². The lowest BCUT2D eigenvalue weighted by Gasteiger charge is -2.17. The molecule has 116 valence electrons. The van der Waals surface area contributed by atoms with Crippen molar-refractivity contribution in [1.29, 1.82) is 0 Å². The molecule has 3 aromatic rings. The summed E-state index contributed by atoms with van der Waals surface area (Å²) in [7, 11) is 0. The molecule has 0 aliphatic heterocycles. The van der Waals surface area contributed by atoms with E-state index in [1.165, 1.54) is 16.7 Å². The molecule has 0 bridgehead atoms. The third-order valence-electron chi connectivity index (χ3n) is 4.07. The van der Waals surface area contributed by atoms with Crippen LogP contribution in [-0.2, 0) is 6.54 Å². The Morgan fingerprint density at radius 1 is 0.826 bits per heavy atom. The molecular formula is C21H20ClN. The Hall–Kier alpha value is -2.09. The molecule has 1 unspecified atom stereocenters. The molecule has 0 fully saturated rings. The third-order valence-corrected chi connectivity index (χ3v) is 4.42. The first-order valence-corrected chi connectivity index (χ1v) is 8.24. The van der Waals surface area contributed by atoms with Gasteiger partial charge in [0.2, 0.25) is 0 Å². The predicted molar refractivity (Wildman–Crippen MR) is 98.6 cm³/mol. The first-order chi connectivity index (χ1) is 11.3. The lowest BCUT2D eigenvalue weighted by atomic mass is 9.99. The van der Waals surface area contributed by atoms with E-state index >= 15 is 0 Å². The average molecular weight is 322 g/mol. The molecule has 1 atom stereocenters.